The minimum Gasteiger partial charge on any atom is -0.496 e. The van der Waals surface area contributed by atoms with Gasteiger partial charge >= 0.3 is 11.9 Å². The zero-order valence-corrected chi connectivity index (χ0v) is 19.8. The fourth-order valence-corrected chi connectivity index (χ4v) is 6.17. The third-order valence-electron chi connectivity index (χ3n) is 7.97. The fraction of sp³-hybridized carbons (Fsp3) is 0.625. The number of carboxylic acid groups (broad SMARTS) is 2. The quantitative estimate of drug-likeness (QED) is 0.529. The lowest BCUT2D eigenvalue weighted by Gasteiger charge is -2.42. The van der Waals surface area contributed by atoms with Crippen LogP contribution >= 0.6 is 0 Å². The third-order valence-corrected chi connectivity index (χ3v) is 7.97. The molecule has 0 amide bonds. The van der Waals surface area contributed by atoms with Crippen molar-refractivity contribution in [2.45, 2.75) is 50.2 Å². The van der Waals surface area contributed by atoms with Gasteiger partial charge in [0.2, 0.25) is 5.82 Å². The van der Waals surface area contributed by atoms with Gasteiger partial charge in [0.25, 0.3) is 0 Å². The van der Waals surface area contributed by atoms with Gasteiger partial charge in [0.05, 0.1) is 18.7 Å². The molecular weight excluding hydrogens is 452 g/mol. The molecule has 3 aliphatic rings. The lowest BCUT2D eigenvalue weighted by molar-refractivity contribution is -0.143. The first-order valence-corrected chi connectivity index (χ1v) is 12.3. The Hall–Kier alpha value is -3.05. The third kappa shape index (κ3) is 4.87. The van der Waals surface area contributed by atoms with E-state index in [-0.39, 0.29) is 6.04 Å². The number of hydrogen-bond acceptors (Lipinski definition) is 8. The zero-order valence-electron chi connectivity index (χ0n) is 19.8. The SMILES string of the molecule is COc1ccccc1-c1nnn([C@H]2C[C@@H](C(=O)O)N(C[C@H]3CC[C@H]4CN[C@H](C(=O)O)C[C@H]4C3)C2)n1. The highest BCUT2D eigenvalue weighted by molar-refractivity contribution is 5.74. The van der Waals surface area contributed by atoms with Gasteiger partial charge in [-0.15, -0.1) is 10.2 Å². The van der Waals surface area contributed by atoms with Gasteiger partial charge in [-0.3, -0.25) is 14.5 Å². The summed E-state index contributed by atoms with van der Waals surface area (Å²) in [7, 11) is 1.59. The van der Waals surface area contributed by atoms with Crippen LogP contribution in [-0.2, 0) is 9.59 Å². The van der Waals surface area contributed by atoms with Crippen LogP contribution in [0.5, 0.6) is 5.75 Å². The van der Waals surface area contributed by atoms with Crippen molar-refractivity contribution in [2.75, 3.05) is 26.7 Å². The van der Waals surface area contributed by atoms with E-state index in [0.717, 1.165) is 31.4 Å². The summed E-state index contributed by atoms with van der Waals surface area (Å²) in [6.45, 7) is 1.99. The minimum atomic E-state index is -0.834. The molecule has 5 rings (SSSR count). The van der Waals surface area contributed by atoms with Gasteiger partial charge in [0.15, 0.2) is 0 Å². The van der Waals surface area contributed by atoms with E-state index in [2.05, 4.69) is 20.7 Å². The van der Waals surface area contributed by atoms with Crippen molar-refractivity contribution in [3.05, 3.63) is 24.3 Å². The normalized spacial score (nSPS) is 31.1. The first-order chi connectivity index (χ1) is 16.9. The average molecular weight is 485 g/mol. The topological polar surface area (TPSA) is 143 Å². The van der Waals surface area contributed by atoms with E-state index in [0.29, 0.717) is 55.3 Å². The lowest BCUT2D eigenvalue weighted by Crippen LogP contribution is -2.50. The number of carbonyl (C=O) groups is 2. The molecule has 0 spiro atoms. The number of aromatic nitrogens is 4. The highest BCUT2D eigenvalue weighted by Gasteiger charge is 2.42. The minimum absolute atomic E-state index is 0.182. The number of fused-ring (bicyclic) bond motifs is 1. The number of aliphatic carboxylic acids is 2. The Morgan fingerprint density at radius 2 is 1.94 bits per heavy atom. The average Bonchev–Trinajstić information content (AvgIpc) is 3.51. The summed E-state index contributed by atoms with van der Waals surface area (Å²) >= 11 is 0. The van der Waals surface area contributed by atoms with Crippen LogP contribution in [0.1, 0.15) is 38.1 Å². The highest BCUT2D eigenvalue weighted by Crippen LogP contribution is 2.40. The molecule has 0 radical (unpaired) electrons. The van der Waals surface area contributed by atoms with Gasteiger partial charge in [0, 0.05) is 13.1 Å². The van der Waals surface area contributed by atoms with E-state index < -0.39 is 24.0 Å². The Morgan fingerprint density at radius 1 is 1.11 bits per heavy atom. The summed E-state index contributed by atoms with van der Waals surface area (Å²) in [5.74, 6) is 0.726. The number of benzene rings is 1. The van der Waals surface area contributed by atoms with E-state index in [1.54, 1.807) is 11.9 Å². The Morgan fingerprint density at radius 3 is 2.71 bits per heavy atom. The summed E-state index contributed by atoms with van der Waals surface area (Å²) in [5, 5.41) is 35.5. The van der Waals surface area contributed by atoms with Crippen molar-refractivity contribution in [3.63, 3.8) is 0 Å². The van der Waals surface area contributed by atoms with Crippen molar-refractivity contribution in [1.82, 2.24) is 30.4 Å². The lowest BCUT2D eigenvalue weighted by atomic mass is 9.69. The van der Waals surface area contributed by atoms with Crippen molar-refractivity contribution >= 4 is 11.9 Å². The van der Waals surface area contributed by atoms with Gasteiger partial charge in [0.1, 0.15) is 17.8 Å². The molecule has 0 bridgehead atoms. The monoisotopic (exact) mass is 484 g/mol. The molecule has 11 heteroatoms. The molecule has 6 atom stereocenters. The number of ether oxygens (including phenoxy) is 1. The molecule has 1 aliphatic carbocycles. The molecule has 0 unspecified atom stereocenters. The van der Waals surface area contributed by atoms with Crippen LogP contribution in [0.3, 0.4) is 0 Å². The second kappa shape index (κ2) is 9.90. The van der Waals surface area contributed by atoms with Gasteiger partial charge in [-0.05, 0) is 73.7 Å². The van der Waals surface area contributed by atoms with Crippen LogP contribution < -0.4 is 10.1 Å². The highest BCUT2D eigenvalue weighted by atomic mass is 16.5. The summed E-state index contributed by atoms with van der Waals surface area (Å²) < 4.78 is 5.40. The Labute approximate surface area is 203 Å². The molecule has 35 heavy (non-hydrogen) atoms. The molecule has 2 saturated heterocycles. The summed E-state index contributed by atoms with van der Waals surface area (Å²) in [6, 6.07) is 6.20. The van der Waals surface area contributed by atoms with Gasteiger partial charge in [-0.25, -0.2) is 0 Å². The maximum Gasteiger partial charge on any atom is 0.321 e. The first kappa shape index (κ1) is 23.7. The van der Waals surface area contributed by atoms with Crippen molar-refractivity contribution in [3.8, 4) is 17.1 Å². The number of piperidine rings is 1. The number of nitrogens with zero attached hydrogens (tertiary/aromatic N) is 5. The number of hydrogen-bond donors (Lipinski definition) is 3. The van der Waals surface area contributed by atoms with Crippen molar-refractivity contribution in [2.24, 2.45) is 17.8 Å². The zero-order chi connectivity index (χ0) is 24.5. The molecule has 2 aromatic rings. The molecule has 2 aliphatic heterocycles. The van der Waals surface area contributed by atoms with E-state index in [9.17, 15) is 19.8 Å². The molecule has 3 fully saturated rings. The molecule has 1 aromatic carbocycles. The van der Waals surface area contributed by atoms with Crippen molar-refractivity contribution < 1.29 is 24.5 Å². The molecule has 1 saturated carbocycles. The molecular formula is C24H32N6O5. The van der Waals surface area contributed by atoms with Crippen LogP contribution in [0.2, 0.25) is 0 Å². The van der Waals surface area contributed by atoms with Crippen LogP contribution in [0.15, 0.2) is 24.3 Å². The standard InChI is InChI=1S/C24H32N6O5/c1-35-21-5-3-2-4-18(21)22-26-28-30(27-22)17-10-20(24(33)34)29(13-17)12-14-6-7-15-11-25-19(23(31)32)9-16(15)8-14/h2-5,14-17,19-20,25H,6-13H2,1H3,(H,31,32)(H,33,34)/t14-,15-,16+,17-,19-,20-/m0/s1. The molecule has 3 N–H and O–H groups in total. The van der Waals surface area contributed by atoms with Crippen LogP contribution in [0.4, 0.5) is 0 Å². The molecule has 188 valence electrons. The summed E-state index contributed by atoms with van der Waals surface area (Å²) in [5.41, 5.74) is 0.740. The summed E-state index contributed by atoms with van der Waals surface area (Å²) in [6.07, 6.45) is 4.10. The number of para-hydroxylation sites is 1. The van der Waals surface area contributed by atoms with E-state index >= 15 is 0 Å². The number of nitrogens with one attached hydrogen (secondary N) is 1. The van der Waals surface area contributed by atoms with Gasteiger partial charge < -0.3 is 20.3 Å². The maximum absolute atomic E-state index is 12.1. The Balaban J connectivity index is 1.26. The predicted octanol–water partition coefficient (Wildman–Crippen LogP) is 1.53. The van der Waals surface area contributed by atoms with Gasteiger partial charge in [-0.1, -0.05) is 12.1 Å². The summed E-state index contributed by atoms with van der Waals surface area (Å²) in [4.78, 5) is 27.1. The van der Waals surface area contributed by atoms with Crippen LogP contribution in [-0.4, -0.2) is 86.1 Å². The molecule has 3 heterocycles. The predicted molar refractivity (Wildman–Crippen MR) is 125 cm³/mol. The van der Waals surface area contributed by atoms with Crippen LogP contribution in [0, 0.1) is 17.8 Å². The van der Waals surface area contributed by atoms with Gasteiger partial charge in [-0.2, -0.15) is 4.80 Å². The number of tetrazole rings is 1. The van der Waals surface area contributed by atoms with Crippen molar-refractivity contribution in [1.29, 1.82) is 0 Å². The molecule has 11 nitrogen and oxygen atoms in total. The number of likely N-dealkylation sites (tertiary alicyclic amines) is 1. The smallest absolute Gasteiger partial charge is 0.321 e. The number of rotatable bonds is 7. The second-order valence-corrected chi connectivity index (χ2v) is 10.1. The number of methoxy groups -OCH3 is 1. The molecule has 1 aromatic heterocycles. The first-order valence-electron chi connectivity index (χ1n) is 12.3. The van der Waals surface area contributed by atoms with E-state index in [1.165, 1.54) is 0 Å². The fourth-order valence-electron chi connectivity index (χ4n) is 6.17. The second-order valence-electron chi connectivity index (χ2n) is 10.1. The van der Waals surface area contributed by atoms with E-state index in [1.807, 2.05) is 29.2 Å². The Bertz CT molecular complexity index is 1080. The maximum atomic E-state index is 12.1. The number of carboxylic acids is 2. The Kier molecular flexibility index (Phi) is 6.70. The largest absolute Gasteiger partial charge is 0.496 e. The van der Waals surface area contributed by atoms with Crippen LogP contribution in [0.25, 0.3) is 11.4 Å². The van der Waals surface area contributed by atoms with E-state index in [4.69, 9.17) is 4.74 Å².